The van der Waals surface area contributed by atoms with E-state index in [0.717, 1.165) is 24.3 Å². The molecule has 0 atom stereocenters. The summed E-state index contributed by atoms with van der Waals surface area (Å²) in [6, 6.07) is 19.7. The highest BCUT2D eigenvalue weighted by molar-refractivity contribution is 5.76. The molecule has 0 spiro atoms. The summed E-state index contributed by atoms with van der Waals surface area (Å²) in [5, 5.41) is 0. The maximum atomic E-state index is 12.4. The van der Waals surface area contributed by atoms with Crippen molar-refractivity contribution in [3.8, 4) is 5.75 Å². The van der Waals surface area contributed by atoms with Gasteiger partial charge >= 0.3 is 0 Å². The zero-order chi connectivity index (χ0) is 15.6. The molecule has 1 amide bonds. The Bertz CT molecular complexity index is 554. The highest BCUT2D eigenvalue weighted by Crippen LogP contribution is 2.10. The topological polar surface area (TPSA) is 29.5 Å². The SMILES string of the molecule is CCCN(Cc1ccccc1)C(=O)CCOc1ccccc1. The number of hydrogen-bond donors (Lipinski definition) is 0. The number of para-hydroxylation sites is 1. The maximum Gasteiger partial charge on any atom is 0.226 e. The number of ether oxygens (including phenoxy) is 1. The van der Waals surface area contributed by atoms with E-state index in [0.29, 0.717) is 19.6 Å². The van der Waals surface area contributed by atoms with Gasteiger partial charge in [-0.2, -0.15) is 0 Å². The predicted octanol–water partition coefficient (Wildman–Crippen LogP) is 3.89. The third-order valence-corrected chi connectivity index (χ3v) is 3.39. The molecule has 0 saturated carbocycles. The quantitative estimate of drug-likeness (QED) is 0.739. The van der Waals surface area contributed by atoms with E-state index in [1.807, 2.05) is 53.4 Å². The van der Waals surface area contributed by atoms with Crippen LogP contribution in [0.5, 0.6) is 5.75 Å². The molecule has 2 aromatic rings. The summed E-state index contributed by atoms with van der Waals surface area (Å²) in [5.41, 5.74) is 1.16. The van der Waals surface area contributed by atoms with Gasteiger partial charge in [0.1, 0.15) is 5.75 Å². The van der Waals surface area contributed by atoms with Crippen molar-refractivity contribution in [3.63, 3.8) is 0 Å². The third kappa shape index (κ3) is 5.24. The van der Waals surface area contributed by atoms with E-state index in [1.54, 1.807) is 0 Å². The largest absolute Gasteiger partial charge is 0.493 e. The van der Waals surface area contributed by atoms with Crippen LogP contribution in [-0.4, -0.2) is 24.0 Å². The number of carbonyl (C=O) groups excluding carboxylic acids is 1. The monoisotopic (exact) mass is 297 g/mol. The lowest BCUT2D eigenvalue weighted by Crippen LogP contribution is -2.32. The molecule has 2 aromatic carbocycles. The summed E-state index contributed by atoms with van der Waals surface area (Å²) in [6.07, 6.45) is 1.36. The summed E-state index contributed by atoms with van der Waals surface area (Å²) in [5.74, 6) is 0.946. The van der Waals surface area contributed by atoms with Gasteiger partial charge in [0.05, 0.1) is 13.0 Å². The molecule has 0 aliphatic rings. The lowest BCUT2D eigenvalue weighted by atomic mass is 10.2. The van der Waals surface area contributed by atoms with Gasteiger partial charge in [-0.15, -0.1) is 0 Å². The van der Waals surface area contributed by atoms with Gasteiger partial charge in [-0.3, -0.25) is 4.79 Å². The van der Waals surface area contributed by atoms with Crippen molar-refractivity contribution in [2.24, 2.45) is 0 Å². The van der Waals surface area contributed by atoms with E-state index in [2.05, 4.69) is 19.1 Å². The fourth-order valence-electron chi connectivity index (χ4n) is 2.30. The van der Waals surface area contributed by atoms with Crippen molar-refractivity contribution in [1.29, 1.82) is 0 Å². The zero-order valence-electron chi connectivity index (χ0n) is 13.1. The van der Waals surface area contributed by atoms with Crippen molar-refractivity contribution < 1.29 is 9.53 Å². The van der Waals surface area contributed by atoms with Crippen molar-refractivity contribution in [3.05, 3.63) is 66.2 Å². The molecule has 0 aliphatic carbocycles. The first kappa shape index (κ1) is 16.1. The summed E-state index contributed by atoms with van der Waals surface area (Å²) in [4.78, 5) is 14.3. The van der Waals surface area contributed by atoms with Crippen molar-refractivity contribution in [2.75, 3.05) is 13.2 Å². The van der Waals surface area contributed by atoms with Crippen LogP contribution in [0.1, 0.15) is 25.3 Å². The standard InChI is InChI=1S/C19H23NO2/c1-2-14-20(16-17-9-5-3-6-10-17)19(21)13-15-22-18-11-7-4-8-12-18/h3-12H,2,13-16H2,1H3. The van der Waals surface area contributed by atoms with Crippen LogP contribution in [0.3, 0.4) is 0 Å². The number of nitrogens with zero attached hydrogens (tertiary/aromatic N) is 1. The fraction of sp³-hybridized carbons (Fsp3) is 0.316. The van der Waals surface area contributed by atoms with Gasteiger partial charge in [-0.05, 0) is 24.1 Å². The van der Waals surface area contributed by atoms with Gasteiger partial charge in [-0.1, -0.05) is 55.5 Å². The molecule has 0 saturated heterocycles. The highest BCUT2D eigenvalue weighted by Gasteiger charge is 2.13. The van der Waals surface area contributed by atoms with Gasteiger partial charge in [-0.25, -0.2) is 0 Å². The van der Waals surface area contributed by atoms with E-state index in [1.165, 1.54) is 0 Å². The van der Waals surface area contributed by atoms with Gasteiger partial charge in [0.25, 0.3) is 0 Å². The smallest absolute Gasteiger partial charge is 0.226 e. The van der Waals surface area contributed by atoms with E-state index >= 15 is 0 Å². The van der Waals surface area contributed by atoms with Crippen LogP contribution in [0.25, 0.3) is 0 Å². The van der Waals surface area contributed by atoms with Crippen LogP contribution < -0.4 is 4.74 Å². The van der Waals surface area contributed by atoms with Crippen molar-refractivity contribution in [1.82, 2.24) is 4.90 Å². The summed E-state index contributed by atoms with van der Waals surface area (Å²) in [7, 11) is 0. The number of rotatable bonds is 8. The molecule has 3 nitrogen and oxygen atoms in total. The molecule has 0 unspecified atom stereocenters. The molecule has 3 heteroatoms. The Kier molecular flexibility index (Phi) is 6.49. The lowest BCUT2D eigenvalue weighted by molar-refractivity contribution is -0.132. The molecule has 116 valence electrons. The van der Waals surface area contributed by atoms with Gasteiger partial charge in [0, 0.05) is 13.1 Å². The van der Waals surface area contributed by atoms with Crippen molar-refractivity contribution >= 4 is 5.91 Å². The van der Waals surface area contributed by atoms with E-state index in [-0.39, 0.29) is 5.91 Å². The molecule has 0 radical (unpaired) electrons. The second kappa shape index (κ2) is 8.88. The summed E-state index contributed by atoms with van der Waals surface area (Å²) < 4.78 is 5.61. The Hall–Kier alpha value is -2.29. The van der Waals surface area contributed by atoms with Crippen LogP contribution >= 0.6 is 0 Å². The lowest BCUT2D eigenvalue weighted by Gasteiger charge is -2.22. The molecule has 0 aromatic heterocycles. The molecule has 0 aliphatic heterocycles. The predicted molar refractivity (Wildman–Crippen MR) is 88.7 cm³/mol. The normalized spacial score (nSPS) is 10.2. The minimum atomic E-state index is 0.140. The second-order valence-electron chi connectivity index (χ2n) is 5.21. The molecule has 0 fully saturated rings. The fourth-order valence-corrected chi connectivity index (χ4v) is 2.30. The van der Waals surface area contributed by atoms with Gasteiger partial charge in [0.2, 0.25) is 5.91 Å². The Morgan fingerprint density at radius 1 is 1.00 bits per heavy atom. The molecule has 0 heterocycles. The van der Waals surface area contributed by atoms with Crippen molar-refractivity contribution in [2.45, 2.75) is 26.3 Å². The average Bonchev–Trinajstić information content (AvgIpc) is 2.56. The minimum Gasteiger partial charge on any atom is -0.493 e. The first-order chi connectivity index (χ1) is 10.8. The zero-order valence-corrected chi connectivity index (χ0v) is 13.1. The van der Waals surface area contributed by atoms with E-state index < -0.39 is 0 Å². The Balaban J connectivity index is 1.84. The molecule has 0 N–H and O–H groups in total. The number of carbonyl (C=O) groups is 1. The third-order valence-electron chi connectivity index (χ3n) is 3.39. The Labute approximate surface area is 132 Å². The van der Waals surface area contributed by atoms with Crippen LogP contribution in [0, 0.1) is 0 Å². The molecular formula is C19H23NO2. The average molecular weight is 297 g/mol. The molecule has 0 bridgehead atoms. The molecular weight excluding hydrogens is 274 g/mol. The second-order valence-corrected chi connectivity index (χ2v) is 5.21. The van der Waals surface area contributed by atoms with Crippen LogP contribution in [-0.2, 0) is 11.3 Å². The molecule has 2 rings (SSSR count). The minimum absolute atomic E-state index is 0.140. The number of benzene rings is 2. The number of amides is 1. The summed E-state index contributed by atoms with van der Waals surface area (Å²) in [6.45, 7) is 3.95. The Morgan fingerprint density at radius 2 is 1.64 bits per heavy atom. The number of hydrogen-bond acceptors (Lipinski definition) is 2. The maximum absolute atomic E-state index is 12.4. The Morgan fingerprint density at radius 3 is 2.27 bits per heavy atom. The van der Waals surface area contributed by atoms with Gasteiger partial charge < -0.3 is 9.64 Å². The van der Waals surface area contributed by atoms with Gasteiger partial charge in [0.15, 0.2) is 0 Å². The summed E-state index contributed by atoms with van der Waals surface area (Å²) >= 11 is 0. The van der Waals surface area contributed by atoms with Crippen LogP contribution in [0.15, 0.2) is 60.7 Å². The van der Waals surface area contributed by atoms with E-state index in [4.69, 9.17) is 4.74 Å². The first-order valence-corrected chi connectivity index (χ1v) is 7.79. The van der Waals surface area contributed by atoms with E-state index in [9.17, 15) is 4.79 Å². The van der Waals surface area contributed by atoms with Crippen LogP contribution in [0.4, 0.5) is 0 Å². The molecule has 22 heavy (non-hydrogen) atoms. The highest BCUT2D eigenvalue weighted by atomic mass is 16.5. The van der Waals surface area contributed by atoms with Crippen LogP contribution in [0.2, 0.25) is 0 Å². The first-order valence-electron chi connectivity index (χ1n) is 7.79.